The van der Waals surface area contributed by atoms with Gasteiger partial charge < -0.3 is 5.32 Å². The molecule has 1 heterocycles. The number of hydrogen-bond donors (Lipinski definition) is 1. The highest BCUT2D eigenvalue weighted by atomic mass is 79.9. The molecule has 1 N–H and O–H groups in total. The Kier molecular flexibility index (Phi) is 3.68. The molecule has 4 heteroatoms. The lowest BCUT2D eigenvalue weighted by Gasteiger charge is -2.26. The third-order valence-electron chi connectivity index (χ3n) is 4.74. The molecule has 0 unspecified atom stereocenters. The Morgan fingerprint density at radius 3 is 2.48 bits per heavy atom. The number of amides is 1. The van der Waals surface area contributed by atoms with Gasteiger partial charge in [-0.25, -0.2) is 0 Å². The SMILES string of the molecule is CC(C)(C)[C@H]1C[C@@H]2C(=O)NC(c3ccc(Br)cc3)=N[C@@H]2C1. The van der Waals surface area contributed by atoms with Gasteiger partial charge in [-0.05, 0) is 36.3 Å². The van der Waals surface area contributed by atoms with E-state index in [0.717, 1.165) is 28.7 Å². The number of benzene rings is 1. The first kappa shape index (κ1) is 14.8. The maximum Gasteiger partial charge on any atom is 0.230 e. The van der Waals surface area contributed by atoms with E-state index in [9.17, 15) is 4.79 Å². The normalized spacial score (nSPS) is 28.9. The molecule has 21 heavy (non-hydrogen) atoms. The predicted molar refractivity (Wildman–Crippen MR) is 88.3 cm³/mol. The molecule has 3 nitrogen and oxygen atoms in total. The molecule has 0 spiro atoms. The van der Waals surface area contributed by atoms with Crippen molar-refractivity contribution in [2.45, 2.75) is 39.7 Å². The quantitative estimate of drug-likeness (QED) is 0.824. The van der Waals surface area contributed by atoms with Crippen molar-refractivity contribution in [1.82, 2.24) is 5.32 Å². The smallest absolute Gasteiger partial charge is 0.230 e. The Morgan fingerprint density at radius 1 is 1.19 bits per heavy atom. The second kappa shape index (κ2) is 5.24. The van der Waals surface area contributed by atoms with Gasteiger partial charge in [0.2, 0.25) is 5.91 Å². The van der Waals surface area contributed by atoms with Crippen LogP contribution < -0.4 is 5.32 Å². The fraction of sp³-hybridized carbons (Fsp3) is 0.529. The van der Waals surface area contributed by atoms with Crippen LogP contribution in [0.25, 0.3) is 0 Å². The van der Waals surface area contributed by atoms with Crippen LogP contribution in [0.15, 0.2) is 33.7 Å². The lowest BCUT2D eigenvalue weighted by atomic mass is 9.79. The van der Waals surface area contributed by atoms with Crippen LogP contribution in [0, 0.1) is 17.3 Å². The van der Waals surface area contributed by atoms with E-state index in [2.05, 4.69) is 42.0 Å². The van der Waals surface area contributed by atoms with Crippen LogP contribution in [0.4, 0.5) is 0 Å². The van der Waals surface area contributed by atoms with Gasteiger partial charge in [0.15, 0.2) is 0 Å². The van der Waals surface area contributed by atoms with Gasteiger partial charge in [-0.2, -0.15) is 0 Å². The molecular formula is C17H21BrN2O. The van der Waals surface area contributed by atoms with E-state index in [-0.39, 0.29) is 23.3 Å². The van der Waals surface area contributed by atoms with Crippen LogP contribution in [0.1, 0.15) is 39.2 Å². The molecule has 1 saturated carbocycles. The van der Waals surface area contributed by atoms with Crippen LogP contribution in [-0.4, -0.2) is 17.8 Å². The molecule has 2 aliphatic rings. The van der Waals surface area contributed by atoms with Crippen molar-refractivity contribution in [3.05, 3.63) is 34.3 Å². The first-order valence-electron chi connectivity index (χ1n) is 7.49. The van der Waals surface area contributed by atoms with E-state index in [4.69, 9.17) is 4.99 Å². The fourth-order valence-electron chi connectivity index (χ4n) is 3.31. The predicted octanol–water partition coefficient (Wildman–Crippen LogP) is 3.77. The Hall–Kier alpha value is -1.16. The average molecular weight is 349 g/mol. The molecule has 1 aliphatic heterocycles. The first-order chi connectivity index (χ1) is 9.84. The number of fused-ring (bicyclic) bond motifs is 1. The summed E-state index contributed by atoms with van der Waals surface area (Å²) >= 11 is 3.43. The Morgan fingerprint density at radius 2 is 1.86 bits per heavy atom. The Bertz CT molecular complexity index is 586. The molecule has 0 aromatic heterocycles. The molecule has 3 rings (SSSR count). The molecular weight excluding hydrogens is 328 g/mol. The van der Waals surface area contributed by atoms with Gasteiger partial charge >= 0.3 is 0 Å². The maximum atomic E-state index is 12.4. The van der Waals surface area contributed by atoms with Crippen LogP contribution in [0.2, 0.25) is 0 Å². The van der Waals surface area contributed by atoms with Crippen molar-refractivity contribution in [3.8, 4) is 0 Å². The van der Waals surface area contributed by atoms with Crippen LogP contribution >= 0.6 is 15.9 Å². The molecule has 0 bridgehead atoms. The minimum Gasteiger partial charge on any atom is -0.310 e. The fourth-order valence-corrected chi connectivity index (χ4v) is 3.57. The number of amidine groups is 1. The van der Waals surface area contributed by atoms with Crippen LogP contribution in [0.3, 0.4) is 0 Å². The highest BCUT2D eigenvalue weighted by molar-refractivity contribution is 9.10. The number of nitrogens with zero attached hydrogens (tertiary/aromatic N) is 1. The lowest BCUT2D eigenvalue weighted by molar-refractivity contribution is -0.124. The molecule has 1 aliphatic carbocycles. The summed E-state index contributed by atoms with van der Waals surface area (Å²) in [7, 11) is 0. The van der Waals surface area contributed by atoms with E-state index in [1.54, 1.807) is 0 Å². The second-order valence-corrected chi connectivity index (χ2v) is 8.10. The van der Waals surface area contributed by atoms with E-state index in [1.807, 2.05) is 24.3 Å². The standard InChI is InChI=1S/C17H21BrN2O/c1-17(2,3)11-8-13-14(9-11)19-15(20-16(13)21)10-4-6-12(18)7-5-10/h4-7,11,13-14H,8-9H2,1-3H3,(H,19,20,21)/t11-,13-,14+/m0/s1. The van der Waals surface area contributed by atoms with Crippen molar-refractivity contribution in [2.24, 2.45) is 22.2 Å². The van der Waals surface area contributed by atoms with Crippen molar-refractivity contribution in [3.63, 3.8) is 0 Å². The summed E-state index contributed by atoms with van der Waals surface area (Å²) in [6.07, 6.45) is 1.97. The molecule has 1 fully saturated rings. The zero-order valence-corrected chi connectivity index (χ0v) is 14.3. The molecule has 112 valence electrons. The van der Waals surface area contributed by atoms with Crippen LogP contribution in [0.5, 0.6) is 0 Å². The summed E-state index contributed by atoms with van der Waals surface area (Å²) in [5, 5.41) is 2.99. The van der Waals surface area contributed by atoms with E-state index in [0.29, 0.717) is 5.92 Å². The number of rotatable bonds is 1. The molecule has 1 aromatic carbocycles. The van der Waals surface area contributed by atoms with Crippen molar-refractivity contribution in [1.29, 1.82) is 0 Å². The third kappa shape index (κ3) is 2.91. The van der Waals surface area contributed by atoms with Gasteiger partial charge in [-0.3, -0.25) is 9.79 Å². The van der Waals surface area contributed by atoms with Gasteiger partial charge in [0, 0.05) is 10.0 Å². The van der Waals surface area contributed by atoms with E-state index in [1.165, 1.54) is 0 Å². The molecule has 0 radical (unpaired) electrons. The van der Waals surface area contributed by atoms with E-state index < -0.39 is 0 Å². The van der Waals surface area contributed by atoms with Gasteiger partial charge in [0.25, 0.3) is 0 Å². The van der Waals surface area contributed by atoms with Crippen molar-refractivity contribution in [2.75, 3.05) is 0 Å². The largest absolute Gasteiger partial charge is 0.310 e. The topological polar surface area (TPSA) is 41.5 Å². The average Bonchev–Trinajstić information content (AvgIpc) is 2.84. The third-order valence-corrected chi connectivity index (χ3v) is 5.27. The van der Waals surface area contributed by atoms with Gasteiger partial charge in [-0.1, -0.05) is 48.8 Å². The lowest BCUT2D eigenvalue weighted by Crippen LogP contribution is -2.44. The van der Waals surface area contributed by atoms with Crippen LogP contribution in [-0.2, 0) is 4.79 Å². The zero-order chi connectivity index (χ0) is 15.2. The second-order valence-electron chi connectivity index (χ2n) is 7.18. The van der Waals surface area contributed by atoms with Gasteiger partial charge in [-0.15, -0.1) is 0 Å². The Labute approximate surface area is 134 Å². The number of halogens is 1. The number of carbonyl (C=O) groups is 1. The van der Waals surface area contributed by atoms with Gasteiger partial charge in [0.1, 0.15) is 5.84 Å². The summed E-state index contributed by atoms with van der Waals surface area (Å²) in [5.41, 5.74) is 1.22. The number of nitrogens with one attached hydrogen (secondary N) is 1. The highest BCUT2D eigenvalue weighted by Gasteiger charge is 2.45. The molecule has 1 amide bonds. The number of carbonyl (C=O) groups excluding carboxylic acids is 1. The first-order valence-corrected chi connectivity index (χ1v) is 8.28. The number of aliphatic imine (C=N–C) groups is 1. The minimum atomic E-state index is 0.0495. The summed E-state index contributed by atoms with van der Waals surface area (Å²) < 4.78 is 1.03. The maximum absolute atomic E-state index is 12.4. The molecule has 3 atom stereocenters. The zero-order valence-electron chi connectivity index (χ0n) is 12.7. The number of hydrogen-bond acceptors (Lipinski definition) is 2. The highest BCUT2D eigenvalue weighted by Crippen LogP contribution is 2.44. The van der Waals surface area contributed by atoms with E-state index >= 15 is 0 Å². The summed E-state index contributed by atoms with van der Waals surface area (Å²) in [6.45, 7) is 6.77. The monoisotopic (exact) mass is 348 g/mol. The van der Waals surface area contributed by atoms with Crippen molar-refractivity contribution >= 4 is 27.7 Å². The molecule has 1 aromatic rings. The summed E-state index contributed by atoms with van der Waals surface area (Å²) in [6, 6.07) is 8.06. The molecule has 0 saturated heterocycles. The summed E-state index contributed by atoms with van der Waals surface area (Å²) in [5.74, 6) is 1.47. The minimum absolute atomic E-state index is 0.0495. The summed E-state index contributed by atoms with van der Waals surface area (Å²) in [4.78, 5) is 17.2. The van der Waals surface area contributed by atoms with Gasteiger partial charge in [0.05, 0.1) is 12.0 Å². The Balaban J connectivity index is 1.87. The van der Waals surface area contributed by atoms with Crippen molar-refractivity contribution < 1.29 is 4.79 Å².